The van der Waals surface area contributed by atoms with Crippen molar-refractivity contribution in [1.82, 2.24) is 14.9 Å². The number of aromatic nitrogens is 2. The highest BCUT2D eigenvalue weighted by Gasteiger charge is 2.24. The van der Waals surface area contributed by atoms with Crippen molar-refractivity contribution >= 4 is 23.2 Å². The number of nitrogens with zero attached hydrogens (tertiary/aromatic N) is 5. The maximum absolute atomic E-state index is 13.7. The van der Waals surface area contributed by atoms with Gasteiger partial charge in [-0.05, 0) is 106 Å². The molecule has 0 bridgehead atoms. The van der Waals surface area contributed by atoms with Crippen LogP contribution in [-0.2, 0) is 19.4 Å². The number of anilines is 2. The van der Waals surface area contributed by atoms with Gasteiger partial charge in [-0.3, -0.25) is 4.99 Å². The lowest BCUT2D eigenvalue weighted by molar-refractivity contribution is 0.329. The van der Waals surface area contributed by atoms with Crippen LogP contribution in [0.3, 0.4) is 0 Å². The monoisotopic (exact) mass is 592 g/mol. The lowest BCUT2D eigenvalue weighted by Crippen LogP contribution is -2.28. The molecule has 1 N–H and O–H groups in total. The molecule has 228 valence electrons. The number of rotatable bonds is 9. The van der Waals surface area contributed by atoms with Crippen molar-refractivity contribution in [2.75, 3.05) is 50.6 Å². The first-order valence-corrected chi connectivity index (χ1v) is 15.4. The van der Waals surface area contributed by atoms with Gasteiger partial charge in [0.25, 0.3) is 0 Å². The molecule has 3 heterocycles. The molecule has 0 amide bonds. The Morgan fingerprint density at radius 3 is 2.57 bits per heavy atom. The van der Waals surface area contributed by atoms with Crippen LogP contribution in [0.2, 0.25) is 0 Å². The molecule has 2 aliphatic heterocycles. The highest BCUT2D eigenvalue weighted by molar-refractivity contribution is 5.93. The van der Waals surface area contributed by atoms with Gasteiger partial charge in [0.2, 0.25) is 5.95 Å². The Labute approximate surface area is 259 Å². The van der Waals surface area contributed by atoms with Gasteiger partial charge in [-0.15, -0.1) is 0 Å². The zero-order valence-electron chi connectivity index (χ0n) is 26.4. The van der Waals surface area contributed by atoms with E-state index in [-0.39, 0.29) is 5.82 Å². The summed E-state index contributed by atoms with van der Waals surface area (Å²) in [6.45, 7) is 9.90. The van der Waals surface area contributed by atoms with Crippen LogP contribution >= 0.6 is 0 Å². The molecule has 44 heavy (non-hydrogen) atoms. The van der Waals surface area contributed by atoms with Gasteiger partial charge in [0.05, 0.1) is 12.2 Å². The van der Waals surface area contributed by atoms with Gasteiger partial charge in [-0.1, -0.05) is 24.3 Å². The lowest BCUT2D eigenvalue weighted by atomic mass is 9.97. The molecule has 0 spiro atoms. The number of aliphatic imine (C=N–C) groups is 1. The quantitative estimate of drug-likeness (QED) is 0.213. The molecule has 8 heteroatoms. The van der Waals surface area contributed by atoms with E-state index in [2.05, 4.69) is 73.4 Å². The number of benzene rings is 3. The Bertz CT molecular complexity index is 1700. The maximum atomic E-state index is 13.7. The Hall–Kier alpha value is -4.30. The number of hydrogen-bond acceptors (Lipinski definition) is 7. The SMILES string of the molecule is CC1=Nc2cc(-c3cc(C)c4c(c3)CN(c3nc(NCCCN(C)C)nc(C)c3Cc3ccc(F)cc3)CCO4)ccc2C1. The predicted octanol–water partition coefficient (Wildman–Crippen LogP) is 6.90. The molecular formula is C36H41FN6O. The molecule has 0 saturated heterocycles. The number of nitrogens with one attached hydrogen (secondary N) is 1. The molecule has 0 saturated carbocycles. The lowest BCUT2D eigenvalue weighted by Gasteiger charge is -2.26. The molecule has 4 aromatic rings. The van der Waals surface area contributed by atoms with E-state index in [1.54, 1.807) is 0 Å². The third kappa shape index (κ3) is 6.60. The predicted molar refractivity (Wildman–Crippen MR) is 177 cm³/mol. The van der Waals surface area contributed by atoms with Gasteiger partial charge in [0.1, 0.15) is 24.0 Å². The summed E-state index contributed by atoms with van der Waals surface area (Å²) >= 11 is 0. The minimum Gasteiger partial charge on any atom is -0.491 e. The number of ether oxygens (including phenoxy) is 1. The minimum atomic E-state index is -0.239. The summed E-state index contributed by atoms with van der Waals surface area (Å²) < 4.78 is 20.1. The molecular weight excluding hydrogens is 551 g/mol. The summed E-state index contributed by atoms with van der Waals surface area (Å²) in [6.07, 6.45) is 2.52. The third-order valence-electron chi connectivity index (χ3n) is 8.35. The van der Waals surface area contributed by atoms with E-state index in [0.29, 0.717) is 32.1 Å². The molecule has 6 rings (SSSR count). The summed E-state index contributed by atoms with van der Waals surface area (Å²) in [5.41, 5.74) is 11.0. The van der Waals surface area contributed by atoms with Crippen molar-refractivity contribution in [2.45, 2.75) is 46.6 Å². The maximum Gasteiger partial charge on any atom is 0.224 e. The summed E-state index contributed by atoms with van der Waals surface area (Å²) in [7, 11) is 4.16. The van der Waals surface area contributed by atoms with Crippen LogP contribution < -0.4 is 15.0 Å². The molecule has 0 unspecified atom stereocenters. The van der Waals surface area contributed by atoms with Crippen molar-refractivity contribution in [3.63, 3.8) is 0 Å². The molecule has 0 atom stereocenters. The summed E-state index contributed by atoms with van der Waals surface area (Å²) in [5.74, 6) is 2.22. The van der Waals surface area contributed by atoms with Crippen LogP contribution in [0, 0.1) is 19.7 Å². The summed E-state index contributed by atoms with van der Waals surface area (Å²) in [6, 6.07) is 17.8. The fraction of sp³-hybridized carbons (Fsp3) is 0.361. The Kier molecular flexibility index (Phi) is 8.62. The molecule has 0 aliphatic carbocycles. The molecule has 2 aliphatic rings. The van der Waals surface area contributed by atoms with Crippen molar-refractivity contribution in [3.8, 4) is 16.9 Å². The largest absolute Gasteiger partial charge is 0.491 e. The molecule has 3 aromatic carbocycles. The smallest absolute Gasteiger partial charge is 0.224 e. The Balaban J connectivity index is 1.35. The van der Waals surface area contributed by atoms with Gasteiger partial charge in [-0.25, -0.2) is 9.37 Å². The minimum absolute atomic E-state index is 0.239. The van der Waals surface area contributed by atoms with Crippen LogP contribution in [-0.4, -0.2) is 60.9 Å². The fourth-order valence-electron chi connectivity index (χ4n) is 6.11. The fourth-order valence-corrected chi connectivity index (χ4v) is 6.11. The Morgan fingerprint density at radius 2 is 1.77 bits per heavy atom. The second-order valence-corrected chi connectivity index (χ2v) is 12.2. The first-order chi connectivity index (χ1) is 21.2. The van der Waals surface area contributed by atoms with Crippen molar-refractivity contribution in [2.24, 2.45) is 4.99 Å². The zero-order chi connectivity index (χ0) is 30.8. The van der Waals surface area contributed by atoms with Crippen LogP contribution in [0.5, 0.6) is 5.75 Å². The second kappa shape index (κ2) is 12.7. The van der Waals surface area contributed by atoms with E-state index in [9.17, 15) is 4.39 Å². The number of aryl methyl sites for hydroxylation is 2. The number of hydrogen-bond donors (Lipinski definition) is 1. The summed E-state index contributed by atoms with van der Waals surface area (Å²) in [5, 5.41) is 3.45. The normalized spacial score (nSPS) is 14.2. The van der Waals surface area contributed by atoms with Crippen molar-refractivity contribution in [3.05, 3.63) is 93.9 Å². The number of fused-ring (bicyclic) bond motifs is 2. The van der Waals surface area contributed by atoms with Gasteiger partial charge in [0.15, 0.2) is 0 Å². The van der Waals surface area contributed by atoms with Gasteiger partial charge >= 0.3 is 0 Å². The topological polar surface area (TPSA) is 65.9 Å². The van der Waals surface area contributed by atoms with E-state index in [4.69, 9.17) is 19.7 Å². The molecule has 0 fully saturated rings. The van der Waals surface area contributed by atoms with Crippen molar-refractivity contribution < 1.29 is 9.13 Å². The van der Waals surface area contributed by atoms with E-state index < -0.39 is 0 Å². The summed E-state index contributed by atoms with van der Waals surface area (Å²) in [4.78, 5) is 19.2. The first-order valence-electron chi connectivity index (χ1n) is 15.4. The third-order valence-corrected chi connectivity index (χ3v) is 8.35. The first kappa shape index (κ1) is 29.8. The highest BCUT2D eigenvalue weighted by Crippen LogP contribution is 2.37. The highest BCUT2D eigenvalue weighted by atomic mass is 19.1. The van der Waals surface area contributed by atoms with Crippen molar-refractivity contribution in [1.29, 1.82) is 0 Å². The van der Waals surface area contributed by atoms with Crippen LogP contribution in [0.25, 0.3) is 11.1 Å². The standard InChI is InChI=1S/C36H41FN6O/c1-23-17-29(27-9-10-28-18-24(2)39-33(28)21-27)20-30-22-43(15-16-44-34(23)30)35-32(19-26-7-11-31(37)12-8-26)25(3)40-36(41-35)38-13-6-14-42(4)5/h7-12,17,20-21H,6,13-16,18-19,22H2,1-5H3,(H,38,40,41). The van der Waals surface area contributed by atoms with Gasteiger partial charge in [-0.2, -0.15) is 4.98 Å². The van der Waals surface area contributed by atoms with E-state index in [1.165, 1.54) is 17.7 Å². The van der Waals surface area contributed by atoms with Crippen LogP contribution in [0.1, 0.15) is 46.9 Å². The average molecular weight is 593 g/mol. The second-order valence-electron chi connectivity index (χ2n) is 12.2. The number of halogens is 1. The van der Waals surface area contributed by atoms with E-state index in [0.717, 1.165) is 88.0 Å². The molecule has 0 radical (unpaired) electrons. The van der Waals surface area contributed by atoms with E-state index in [1.807, 2.05) is 19.1 Å². The van der Waals surface area contributed by atoms with Gasteiger partial charge in [0, 0.05) is 48.5 Å². The molecule has 7 nitrogen and oxygen atoms in total. The average Bonchev–Trinajstić information content (AvgIpc) is 3.22. The van der Waals surface area contributed by atoms with Crippen LogP contribution in [0.4, 0.5) is 21.8 Å². The molecule has 1 aromatic heterocycles. The Morgan fingerprint density at radius 1 is 0.955 bits per heavy atom. The zero-order valence-corrected chi connectivity index (χ0v) is 26.4. The van der Waals surface area contributed by atoms with Crippen LogP contribution in [0.15, 0.2) is 59.6 Å². The van der Waals surface area contributed by atoms with Gasteiger partial charge < -0.3 is 19.9 Å². The van der Waals surface area contributed by atoms with E-state index >= 15 is 0 Å².